The Bertz CT molecular complexity index is 674. The van der Waals surface area contributed by atoms with E-state index in [1.807, 2.05) is 25.1 Å². The molecular formula is C17H22N4O3. The van der Waals surface area contributed by atoms with Gasteiger partial charge in [0, 0.05) is 26.2 Å². The zero-order valence-electron chi connectivity index (χ0n) is 14.0. The fourth-order valence-electron chi connectivity index (χ4n) is 2.14. The molecule has 3 N–H and O–H groups in total. The van der Waals surface area contributed by atoms with Crippen LogP contribution in [0.1, 0.15) is 11.7 Å². The normalized spacial score (nSPS) is 11.5. The van der Waals surface area contributed by atoms with Gasteiger partial charge in [0.25, 0.3) is 0 Å². The molecule has 0 aliphatic rings. The topological polar surface area (TPSA) is 86.7 Å². The predicted octanol–water partition coefficient (Wildman–Crippen LogP) is 2.01. The molecule has 0 saturated carbocycles. The zero-order valence-corrected chi connectivity index (χ0v) is 14.0. The number of hydrogen-bond acceptors (Lipinski definition) is 5. The smallest absolute Gasteiger partial charge is 0.319 e. The number of pyridine rings is 1. The Morgan fingerprint density at radius 2 is 2.04 bits per heavy atom. The molecule has 0 saturated heterocycles. The average Bonchev–Trinajstić information content (AvgIpc) is 2.60. The molecular weight excluding hydrogens is 308 g/mol. The Morgan fingerprint density at radius 3 is 2.67 bits per heavy atom. The molecule has 1 aromatic carbocycles. The van der Waals surface area contributed by atoms with Gasteiger partial charge in [0.2, 0.25) is 0 Å². The Morgan fingerprint density at radius 1 is 1.29 bits per heavy atom. The van der Waals surface area contributed by atoms with Gasteiger partial charge in [-0.15, -0.1) is 0 Å². The number of carbonyl (C=O) groups is 1. The molecule has 2 aromatic rings. The molecule has 2 rings (SSSR count). The third-order valence-corrected chi connectivity index (χ3v) is 3.42. The molecule has 0 bridgehead atoms. The van der Waals surface area contributed by atoms with E-state index in [1.165, 1.54) is 7.11 Å². The number of para-hydroxylation sites is 1. The van der Waals surface area contributed by atoms with Crippen molar-refractivity contribution in [1.29, 1.82) is 0 Å². The van der Waals surface area contributed by atoms with Crippen LogP contribution >= 0.6 is 0 Å². The number of carbonyl (C=O) groups excluding carboxylic acids is 1. The molecule has 24 heavy (non-hydrogen) atoms. The number of aromatic nitrogens is 1. The van der Waals surface area contributed by atoms with E-state index in [0.29, 0.717) is 17.0 Å². The first-order valence-electron chi connectivity index (χ1n) is 7.50. The monoisotopic (exact) mass is 330 g/mol. The number of benzene rings is 1. The molecule has 1 aromatic heterocycles. The minimum absolute atomic E-state index is 0.0649. The molecule has 0 radical (unpaired) electrons. The van der Waals surface area contributed by atoms with Crippen LogP contribution in [0.3, 0.4) is 0 Å². The molecule has 0 aliphatic heterocycles. The SMILES string of the molecule is COc1ccccc1[C@@H](O)CNC(=O)Nc1ccc(N(C)C)nc1. The summed E-state index contributed by atoms with van der Waals surface area (Å²) in [6, 6.07) is 10.3. The van der Waals surface area contributed by atoms with Gasteiger partial charge in [-0.25, -0.2) is 9.78 Å². The second kappa shape index (κ2) is 8.16. The van der Waals surface area contributed by atoms with E-state index in [-0.39, 0.29) is 6.54 Å². The van der Waals surface area contributed by atoms with E-state index < -0.39 is 12.1 Å². The maximum atomic E-state index is 11.9. The highest BCUT2D eigenvalue weighted by Crippen LogP contribution is 2.24. The quantitative estimate of drug-likeness (QED) is 0.754. The van der Waals surface area contributed by atoms with Gasteiger partial charge in [0.1, 0.15) is 11.6 Å². The lowest BCUT2D eigenvalue weighted by atomic mass is 10.1. The largest absolute Gasteiger partial charge is 0.496 e. The summed E-state index contributed by atoms with van der Waals surface area (Å²) in [5.41, 5.74) is 1.20. The summed E-state index contributed by atoms with van der Waals surface area (Å²) in [4.78, 5) is 18.0. The summed E-state index contributed by atoms with van der Waals surface area (Å²) in [7, 11) is 5.32. The second-order valence-corrected chi connectivity index (χ2v) is 5.39. The summed E-state index contributed by atoms with van der Waals surface area (Å²) in [6.45, 7) is 0.0649. The van der Waals surface area contributed by atoms with Crippen LogP contribution in [0, 0.1) is 0 Å². The molecule has 7 nitrogen and oxygen atoms in total. The van der Waals surface area contributed by atoms with E-state index in [4.69, 9.17) is 4.74 Å². The van der Waals surface area contributed by atoms with Crippen LogP contribution in [-0.2, 0) is 0 Å². The van der Waals surface area contributed by atoms with Crippen molar-refractivity contribution in [3.05, 3.63) is 48.2 Å². The van der Waals surface area contributed by atoms with Gasteiger partial charge in [0.05, 0.1) is 25.1 Å². The third-order valence-electron chi connectivity index (χ3n) is 3.42. The Hall–Kier alpha value is -2.80. The van der Waals surface area contributed by atoms with E-state index in [1.54, 1.807) is 36.5 Å². The minimum Gasteiger partial charge on any atom is -0.496 e. The van der Waals surface area contributed by atoms with Gasteiger partial charge < -0.3 is 25.4 Å². The van der Waals surface area contributed by atoms with Crippen molar-refractivity contribution in [2.24, 2.45) is 0 Å². The Labute approximate surface area is 141 Å². The van der Waals surface area contributed by atoms with Crippen LogP contribution < -0.4 is 20.3 Å². The maximum Gasteiger partial charge on any atom is 0.319 e. The van der Waals surface area contributed by atoms with Crippen LogP contribution in [-0.4, -0.2) is 43.9 Å². The van der Waals surface area contributed by atoms with Crippen LogP contribution in [0.4, 0.5) is 16.3 Å². The van der Waals surface area contributed by atoms with Crippen molar-refractivity contribution in [3.8, 4) is 5.75 Å². The first-order chi connectivity index (χ1) is 11.5. The van der Waals surface area contributed by atoms with Gasteiger partial charge in [-0.2, -0.15) is 0 Å². The highest BCUT2D eigenvalue weighted by molar-refractivity contribution is 5.89. The maximum absolute atomic E-state index is 11.9. The molecule has 0 spiro atoms. The number of methoxy groups -OCH3 is 1. The number of urea groups is 1. The number of nitrogens with one attached hydrogen (secondary N) is 2. The zero-order chi connectivity index (χ0) is 17.5. The summed E-state index contributed by atoms with van der Waals surface area (Å²) in [6.07, 6.45) is 0.715. The van der Waals surface area contributed by atoms with E-state index >= 15 is 0 Å². The first-order valence-corrected chi connectivity index (χ1v) is 7.50. The lowest BCUT2D eigenvalue weighted by Gasteiger charge is -2.16. The number of ether oxygens (including phenoxy) is 1. The molecule has 0 aliphatic carbocycles. The van der Waals surface area contributed by atoms with Gasteiger partial charge in [-0.05, 0) is 18.2 Å². The van der Waals surface area contributed by atoms with Gasteiger partial charge >= 0.3 is 6.03 Å². The number of rotatable bonds is 6. The Kier molecular flexibility index (Phi) is 5.97. The highest BCUT2D eigenvalue weighted by Gasteiger charge is 2.13. The van der Waals surface area contributed by atoms with Crippen LogP contribution in [0.25, 0.3) is 0 Å². The number of aliphatic hydroxyl groups excluding tert-OH is 1. The molecule has 0 fully saturated rings. The fourth-order valence-corrected chi connectivity index (χ4v) is 2.14. The van der Waals surface area contributed by atoms with Gasteiger partial charge in [-0.1, -0.05) is 18.2 Å². The van der Waals surface area contributed by atoms with Crippen LogP contribution in [0.5, 0.6) is 5.75 Å². The number of aliphatic hydroxyl groups is 1. The van der Waals surface area contributed by atoms with Crippen LogP contribution in [0.2, 0.25) is 0 Å². The van der Waals surface area contributed by atoms with Crippen molar-refractivity contribution in [1.82, 2.24) is 10.3 Å². The van der Waals surface area contributed by atoms with Gasteiger partial charge in [-0.3, -0.25) is 0 Å². The van der Waals surface area contributed by atoms with Crippen molar-refractivity contribution >= 4 is 17.5 Å². The fraction of sp³-hybridized carbons (Fsp3) is 0.294. The minimum atomic E-state index is -0.860. The van der Waals surface area contributed by atoms with Gasteiger partial charge in [0.15, 0.2) is 0 Å². The van der Waals surface area contributed by atoms with E-state index in [2.05, 4.69) is 15.6 Å². The average molecular weight is 330 g/mol. The second-order valence-electron chi connectivity index (χ2n) is 5.39. The molecule has 0 unspecified atom stereocenters. The lowest BCUT2D eigenvalue weighted by Crippen LogP contribution is -2.32. The summed E-state index contributed by atoms with van der Waals surface area (Å²) in [5, 5.41) is 15.5. The number of hydrogen-bond donors (Lipinski definition) is 3. The molecule has 1 heterocycles. The lowest BCUT2D eigenvalue weighted by molar-refractivity contribution is 0.171. The molecule has 128 valence electrons. The van der Waals surface area contributed by atoms with E-state index in [0.717, 1.165) is 5.82 Å². The Balaban J connectivity index is 1.88. The van der Waals surface area contributed by atoms with Crippen molar-refractivity contribution in [2.45, 2.75) is 6.10 Å². The summed E-state index contributed by atoms with van der Waals surface area (Å²) in [5.74, 6) is 1.38. The third kappa shape index (κ3) is 4.60. The van der Waals surface area contributed by atoms with Crippen molar-refractivity contribution < 1.29 is 14.6 Å². The molecule has 7 heteroatoms. The van der Waals surface area contributed by atoms with Crippen LogP contribution in [0.15, 0.2) is 42.6 Å². The number of nitrogens with zero attached hydrogens (tertiary/aromatic N) is 2. The van der Waals surface area contributed by atoms with Crippen molar-refractivity contribution in [3.63, 3.8) is 0 Å². The van der Waals surface area contributed by atoms with Crippen molar-refractivity contribution in [2.75, 3.05) is 38.0 Å². The first kappa shape index (κ1) is 17.6. The standard InChI is InChI=1S/C17H22N4O3/c1-21(2)16-9-8-12(10-18-16)20-17(23)19-11-14(22)13-6-4-5-7-15(13)24-3/h4-10,14,22H,11H2,1-3H3,(H2,19,20,23)/t14-/m0/s1. The predicted molar refractivity (Wildman–Crippen MR) is 93.5 cm³/mol. The molecule has 2 amide bonds. The number of anilines is 2. The highest BCUT2D eigenvalue weighted by atomic mass is 16.5. The number of amides is 2. The van der Waals surface area contributed by atoms with E-state index in [9.17, 15) is 9.90 Å². The molecule has 1 atom stereocenters. The summed E-state index contributed by atoms with van der Waals surface area (Å²) >= 11 is 0. The summed E-state index contributed by atoms with van der Waals surface area (Å²) < 4.78 is 5.20.